The first-order chi connectivity index (χ1) is 7.29. The van der Waals surface area contributed by atoms with E-state index >= 15 is 0 Å². The van der Waals surface area contributed by atoms with Crippen molar-refractivity contribution in [3.05, 3.63) is 0 Å². The number of amidine groups is 1. The minimum Gasteiger partial charge on any atom is -0.363 e. The Labute approximate surface area is 102 Å². The molecule has 0 aromatic heterocycles. The topological polar surface area (TPSA) is 70.6 Å². The summed E-state index contributed by atoms with van der Waals surface area (Å²) < 4.78 is 24.8. The molecule has 0 radical (unpaired) electrons. The van der Waals surface area contributed by atoms with Gasteiger partial charge in [0.15, 0.2) is 5.17 Å². The second-order valence-electron chi connectivity index (χ2n) is 4.50. The second-order valence-corrected chi connectivity index (χ2v) is 7.33. The highest BCUT2D eigenvalue weighted by molar-refractivity contribution is 8.13. The quantitative estimate of drug-likeness (QED) is 0.772. The van der Waals surface area contributed by atoms with Crippen LogP contribution in [0.1, 0.15) is 20.3 Å². The number of sulfonamides is 1. The summed E-state index contributed by atoms with van der Waals surface area (Å²) in [6.07, 6.45) is 2.28. The summed E-state index contributed by atoms with van der Waals surface area (Å²) in [5, 5.41) is 4.08. The molecule has 1 aliphatic heterocycles. The van der Waals surface area contributed by atoms with Crippen LogP contribution in [0.3, 0.4) is 0 Å². The van der Waals surface area contributed by atoms with E-state index < -0.39 is 15.6 Å². The number of thioether (sulfide) groups is 1. The predicted octanol–water partition coefficient (Wildman–Crippen LogP) is 0.397. The average molecular weight is 265 g/mol. The van der Waals surface area contributed by atoms with Crippen LogP contribution in [-0.4, -0.2) is 44.2 Å². The monoisotopic (exact) mass is 265 g/mol. The van der Waals surface area contributed by atoms with Gasteiger partial charge in [-0.3, -0.25) is 4.99 Å². The molecular weight excluding hydrogens is 246 g/mol. The molecule has 0 fully saturated rings. The van der Waals surface area contributed by atoms with Crippen LogP contribution in [0.5, 0.6) is 0 Å². The summed E-state index contributed by atoms with van der Waals surface area (Å²) >= 11 is 1.68. The van der Waals surface area contributed by atoms with E-state index in [0.717, 1.165) is 23.9 Å². The van der Waals surface area contributed by atoms with Gasteiger partial charge in [0.05, 0.1) is 6.26 Å². The third-order valence-electron chi connectivity index (χ3n) is 1.94. The number of nitrogens with zero attached hydrogens (tertiary/aromatic N) is 1. The summed E-state index contributed by atoms with van der Waals surface area (Å²) in [6.45, 7) is 5.07. The van der Waals surface area contributed by atoms with Crippen molar-refractivity contribution in [3.63, 3.8) is 0 Å². The molecule has 0 atom stereocenters. The Morgan fingerprint density at radius 2 is 2.19 bits per heavy atom. The molecule has 0 aromatic carbocycles. The van der Waals surface area contributed by atoms with Gasteiger partial charge in [0, 0.05) is 24.4 Å². The van der Waals surface area contributed by atoms with Crippen LogP contribution in [-0.2, 0) is 10.0 Å². The first-order valence-corrected chi connectivity index (χ1v) is 8.06. The maximum absolute atomic E-state index is 11.1. The number of hydrogen-bond acceptors (Lipinski definition) is 5. The highest BCUT2D eigenvalue weighted by Crippen LogP contribution is 2.11. The molecule has 0 saturated heterocycles. The zero-order valence-corrected chi connectivity index (χ0v) is 11.5. The molecule has 16 heavy (non-hydrogen) atoms. The van der Waals surface area contributed by atoms with E-state index in [1.807, 2.05) is 13.8 Å². The van der Waals surface area contributed by atoms with Crippen molar-refractivity contribution in [2.75, 3.05) is 25.1 Å². The predicted molar refractivity (Wildman–Crippen MR) is 69.4 cm³/mol. The third kappa shape index (κ3) is 5.72. The third-order valence-corrected chi connectivity index (χ3v) is 3.90. The van der Waals surface area contributed by atoms with E-state index in [9.17, 15) is 8.42 Å². The van der Waals surface area contributed by atoms with Crippen molar-refractivity contribution in [1.82, 2.24) is 10.0 Å². The number of rotatable bonds is 4. The van der Waals surface area contributed by atoms with Crippen molar-refractivity contribution in [1.29, 1.82) is 0 Å². The molecule has 0 aliphatic carbocycles. The summed E-state index contributed by atoms with van der Waals surface area (Å²) in [5.74, 6) is 1.08. The standard InChI is InChI=1S/C9H19N3O2S2/c1-9(2,12-16(3,13)14)7-11-8-10-5-4-6-15-8/h12H,4-7H2,1-3H3,(H,10,11). The van der Waals surface area contributed by atoms with Gasteiger partial charge in [-0.1, -0.05) is 11.8 Å². The smallest absolute Gasteiger partial charge is 0.209 e. The van der Waals surface area contributed by atoms with Crippen LogP contribution in [0.2, 0.25) is 0 Å². The van der Waals surface area contributed by atoms with Gasteiger partial charge in [-0.05, 0) is 20.3 Å². The van der Waals surface area contributed by atoms with E-state index in [0.29, 0.717) is 6.54 Å². The maximum Gasteiger partial charge on any atom is 0.209 e. The lowest BCUT2D eigenvalue weighted by atomic mass is 10.1. The van der Waals surface area contributed by atoms with Gasteiger partial charge in [-0.25, -0.2) is 13.1 Å². The molecular formula is C9H19N3O2S2. The Bertz CT molecular complexity index is 363. The van der Waals surface area contributed by atoms with Crippen LogP contribution in [0.15, 0.2) is 4.99 Å². The largest absolute Gasteiger partial charge is 0.363 e. The van der Waals surface area contributed by atoms with Gasteiger partial charge in [0.2, 0.25) is 10.0 Å². The van der Waals surface area contributed by atoms with Crippen molar-refractivity contribution in [2.24, 2.45) is 4.99 Å². The van der Waals surface area contributed by atoms with Crippen LogP contribution in [0.25, 0.3) is 0 Å². The number of aliphatic imine (C=N–C) groups is 1. The molecule has 1 heterocycles. The van der Waals surface area contributed by atoms with Gasteiger partial charge in [0.1, 0.15) is 0 Å². The minimum absolute atomic E-state index is 0.506. The molecule has 0 unspecified atom stereocenters. The maximum atomic E-state index is 11.1. The Morgan fingerprint density at radius 1 is 1.50 bits per heavy atom. The zero-order chi connectivity index (χ0) is 12.2. The molecule has 2 N–H and O–H groups in total. The first kappa shape index (κ1) is 13.8. The fourth-order valence-corrected chi connectivity index (χ4v) is 3.30. The lowest BCUT2D eigenvalue weighted by Gasteiger charge is -2.26. The van der Waals surface area contributed by atoms with Crippen molar-refractivity contribution < 1.29 is 8.42 Å². The zero-order valence-electron chi connectivity index (χ0n) is 9.91. The molecule has 7 heteroatoms. The Kier molecular flexibility index (Phi) is 4.63. The van der Waals surface area contributed by atoms with E-state index in [-0.39, 0.29) is 0 Å². The Balaban J connectivity index is 2.44. The van der Waals surface area contributed by atoms with E-state index in [1.54, 1.807) is 11.8 Å². The highest BCUT2D eigenvalue weighted by atomic mass is 32.2. The van der Waals surface area contributed by atoms with Gasteiger partial charge in [0.25, 0.3) is 0 Å². The highest BCUT2D eigenvalue weighted by Gasteiger charge is 2.22. The Hall–Kier alpha value is -0.270. The summed E-state index contributed by atoms with van der Waals surface area (Å²) in [4.78, 5) is 4.32. The molecule has 0 aromatic rings. The normalized spacial score (nSPS) is 18.1. The molecule has 0 amide bonds. The van der Waals surface area contributed by atoms with Crippen LogP contribution in [0.4, 0.5) is 0 Å². The van der Waals surface area contributed by atoms with Gasteiger partial charge in [-0.2, -0.15) is 0 Å². The summed E-state index contributed by atoms with van der Waals surface area (Å²) in [7, 11) is -3.17. The SMILES string of the molecule is CC(C)(CNC1=NCCCS1)NS(C)(=O)=O. The lowest BCUT2D eigenvalue weighted by molar-refractivity contribution is 0.449. The van der Waals surface area contributed by atoms with E-state index in [1.165, 1.54) is 6.26 Å². The van der Waals surface area contributed by atoms with Crippen LogP contribution in [0, 0.1) is 0 Å². The van der Waals surface area contributed by atoms with E-state index in [2.05, 4.69) is 15.0 Å². The summed E-state index contributed by atoms with van der Waals surface area (Å²) in [6, 6.07) is 0. The molecule has 0 spiro atoms. The Morgan fingerprint density at radius 3 is 2.69 bits per heavy atom. The van der Waals surface area contributed by atoms with Gasteiger partial charge >= 0.3 is 0 Å². The fourth-order valence-electron chi connectivity index (χ4n) is 1.40. The second kappa shape index (κ2) is 5.37. The van der Waals surface area contributed by atoms with E-state index in [4.69, 9.17) is 0 Å². The van der Waals surface area contributed by atoms with Gasteiger partial charge in [-0.15, -0.1) is 0 Å². The van der Waals surface area contributed by atoms with Crippen LogP contribution >= 0.6 is 11.8 Å². The molecule has 1 rings (SSSR count). The lowest BCUT2D eigenvalue weighted by Crippen LogP contribution is -2.50. The number of nitrogens with one attached hydrogen (secondary N) is 2. The van der Waals surface area contributed by atoms with Crippen LogP contribution < -0.4 is 10.0 Å². The minimum atomic E-state index is -3.17. The first-order valence-electron chi connectivity index (χ1n) is 5.19. The molecule has 0 bridgehead atoms. The molecule has 94 valence electrons. The summed E-state index contributed by atoms with van der Waals surface area (Å²) in [5.41, 5.74) is -0.506. The molecule has 0 saturated carbocycles. The fraction of sp³-hybridized carbons (Fsp3) is 0.889. The van der Waals surface area contributed by atoms with Crippen molar-refractivity contribution >= 4 is 27.0 Å². The van der Waals surface area contributed by atoms with Crippen molar-refractivity contribution in [3.8, 4) is 0 Å². The molecule has 5 nitrogen and oxygen atoms in total. The molecule has 1 aliphatic rings. The van der Waals surface area contributed by atoms with Crippen molar-refractivity contribution in [2.45, 2.75) is 25.8 Å². The van der Waals surface area contributed by atoms with Gasteiger partial charge < -0.3 is 5.32 Å². The number of hydrogen-bond donors (Lipinski definition) is 2. The average Bonchev–Trinajstić information content (AvgIpc) is 2.13.